The first kappa shape index (κ1) is 21.8. The second-order valence-corrected chi connectivity index (χ2v) is 9.92. The van der Waals surface area contributed by atoms with Crippen molar-refractivity contribution in [1.82, 2.24) is 0 Å². The van der Waals surface area contributed by atoms with Crippen molar-refractivity contribution >= 4 is 50.8 Å². The second-order valence-electron chi connectivity index (χ2n) is 7.51. The van der Waals surface area contributed by atoms with E-state index in [-0.39, 0.29) is 0 Å². The van der Waals surface area contributed by atoms with Gasteiger partial charge in [-0.1, -0.05) is 80.6 Å². The summed E-state index contributed by atoms with van der Waals surface area (Å²) >= 11 is 4.88. The van der Waals surface area contributed by atoms with Crippen LogP contribution in [0.5, 0.6) is 0 Å². The molecule has 0 saturated heterocycles. The summed E-state index contributed by atoms with van der Waals surface area (Å²) in [6, 6.07) is 27.0. The third kappa shape index (κ3) is 4.05. The number of allylic oxidation sites excluding steroid dienone is 3. The standard InChI is InChI=1S/C26H20I2.C2H6/c27-18-15-13-17(14-16-18)25-19-7-1-3-9-21(19)26(22-10-4-2-8-20(22)25)23-11-5-6-12-24(23)28;1-2/h1,3-7,9-16,20,25H,2,8H2;1-2H3. The van der Waals surface area contributed by atoms with Crippen LogP contribution in [-0.4, -0.2) is 0 Å². The second kappa shape index (κ2) is 9.82. The Balaban J connectivity index is 0.00000106. The Hall–Kier alpha value is -1.40. The van der Waals surface area contributed by atoms with Crippen LogP contribution >= 0.6 is 45.2 Å². The molecule has 5 rings (SSSR count). The summed E-state index contributed by atoms with van der Waals surface area (Å²) in [6.45, 7) is 4.00. The van der Waals surface area contributed by atoms with Gasteiger partial charge in [0.2, 0.25) is 0 Å². The van der Waals surface area contributed by atoms with E-state index in [0.29, 0.717) is 11.8 Å². The molecule has 0 spiro atoms. The van der Waals surface area contributed by atoms with Gasteiger partial charge in [0.25, 0.3) is 0 Å². The minimum atomic E-state index is 0.429. The van der Waals surface area contributed by atoms with Gasteiger partial charge in [-0.05, 0) is 116 Å². The van der Waals surface area contributed by atoms with Gasteiger partial charge < -0.3 is 0 Å². The molecule has 0 bridgehead atoms. The van der Waals surface area contributed by atoms with Gasteiger partial charge in [0.15, 0.2) is 0 Å². The lowest BCUT2D eigenvalue weighted by Crippen LogP contribution is -2.24. The van der Waals surface area contributed by atoms with Gasteiger partial charge >= 0.3 is 0 Å². The Morgan fingerprint density at radius 1 is 0.767 bits per heavy atom. The Bertz CT molecular complexity index is 1090. The van der Waals surface area contributed by atoms with E-state index in [2.05, 4.69) is 130 Å². The molecule has 152 valence electrons. The van der Waals surface area contributed by atoms with E-state index >= 15 is 0 Å². The molecule has 3 aromatic carbocycles. The number of halogens is 2. The Labute approximate surface area is 207 Å². The zero-order valence-corrected chi connectivity index (χ0v) is 21.7. The number of fused-ring (bicyclic) bond motifs is 2. The van der Waals surface area contributed by atoms with Crippen LogP contribution in [0.3, 0.4) is 0 Å². The summed E-state index contributed by atoms with van der Waals surface area (Å²) in [5.41, 5.74) is 8.62. The number of hydrogen-bond donors (Lipinski definition) is 0. The molecule has 3 aromatic rings. The first-order valence-corrected chi connectivity index (χ1v) is 12.9. The molecular formula is C28H26I2. The highest BCUT2D eigenvalue weighted by molar-refractivity contribution is 14.1. The van der Waals surface area contributed by atoms with Crippen molar-refractivity contribution in [3.05, 3.63) is 120 Å². The molecule has 30 heavy (non-hydrogen) atoms. The van der Waals surface area contributed by atoms with Gasteiger partial charge in [0.05, 0.1) is 0 Å². The van der Waals surface area contributed by atoms with E-state index in [1.807, 2.05) is 13.8 Å². The highest BCUT2D eigenvalue weighted by atomic mass is 127. The van der Waals surface area contributed by atoms with Gasteiger partial charge in [0.1, 0.15) is 0 Å². The predicted molar refractivity (Wildman–Crippen MR) is 146 cm³/mol. The molecule has 0 saturated carbocycles. The fourth-order valence-corrected chi connectivity index (χ4v) is 5.81. The van der Waals surface area contributed by atoms with Crippen LogP contribution in [0, 0.1) is 13.1 Å². The Kier molecular flexibility index (Phi) is 7.14. The molecule has 2 heteroatoms. The zero-order chi connectivity index (χ0) is 21.1. The van der Waals surface area contributed by atoms with Crippen molar-refractivity contribution in [2.45, 2.75) is 32.6 Å². The first-order chi connectivity index (χ1) is 14.7. The van der Waals surface area contributed by atoms with Gasteiger partial charge in [-0.3, -0.25) is 0 Å². The van der Waals surface area contributed by atoms with Crippen LogP contribution in [-0.2, 0) is 0 Å². The number of rotatable bonds is 2. The zero-order valence-electron chi connectivity index (χ0n) is 17.4. The maximum Gasteiger partial charge on any atom is 0.0209 e. The molecule has 2 aliphatic carbocycles. The summed E-state index contributed by atoms with van der Waals surface area (Å²) in [5.74, 6) is 0.962. The van der Waals surface area contributed by atoms with Crippen molar-refractivity contribution < 1.29 is 0 Å². The number of hydrogen-bond acceptors (Lipinski definition) is 0. The Morgan fingerprint density at radius 2 is 1.43 bits per heavy atom. The molecule has 0 heterocycles. The first-order valence-electron chi connectivity index (χ1n) is 10.7. The van der Waals surface area contributed by atoms with Crippen LogP contribution in [0.4, 0.5) is 0 Å². The van der Waals surface area contributed by atoms with Crippen LogP contribution in [0.2, 0.25) is 0 Å². The van der Waals surface area contributed by atoms with Gasteiger partial charge in [-0.2, -0.15) is 0 Å². The van der Waals surface area contributed by atoms with E-state index in [1.54, 1.807) is 0 Å². The fourth-order valence-electron chi connectivity index (χ4n) is 4.79. The topological polar surface area (TPSA) is 0 Å². The van der Waals surface area contributed by atoms with Crippen molar-refractivity contribution in [3.8, 4) is 0 Å². The summed E-state index contributed by atoms with van der Waals surface area (Å²) in [6.07, 6.45) is 7.14. The minimum absolute atomic E-state index is 0.429. The van der Waals surface area contributed by atoms with E-state index < -0.39 is 0 Å². The third-order valence-corrected chi connectivity index (χ3v) is 7.63. The highest BCUT2D eigenvalue weighted by Crippen LogP contribution is 2.51. The van der Waals surface area contributed by atoms with Crippen LogP contribution < -0.4 is 0 Å². The average Bonchev–Trinajstić information content (AvgIpc) is 2.80. The predicted octanol–water partition coefficient (Wildman–Crippen LogP) is 8.84. The van der Waals surface area contributed by atoms with Crippen molar-refractivity contribution in [2.24, 2.45) is 5.92 Å². The molecule has 0 nitrogen and oxygen atoms in total. The quantitative estimate of drug-likeness (QED) is 0.253. The van der Waals surface area contributed by atoms with Crippen molar-refractivity contribution in [2.75, 3.05) is 0 Å². The molecule has 0 radical (unpaired) electrons. The molecular weight excluding hydrogens is 590 g/mol. The molecule has 0 aromatic heterocycles. The molecule has 0 fully saturated rings. The minimum Gasteiger partial charge on any atom is -0.0842 e. The van der Waals surface area contributed by atoms with Crippen LogP contribution in [0.25, 0.3) is 5.57 Å². The molecule has 2 aliphatic rings. The van der Waals surface area contributed by atoms with E-state index in [0.717, 1.165) is 6.42 Å². The average molecular weight is 616 g/mol. The van der Waals surface area contributed by atoms with Gasteiger partial charge in [-0.15, -0.1) is 0 Å². The smallest absolute Gasteiger partial charge is 0.0209 e. The van der Waals surface area contributed by atoms with E-state index in [9.17, 15) is 0 Å². The summed E-state index contributed by atoms with van der Waals surface area (Å²) in [7, 11) is 0. The summed E-state index contributed by atoms with van der Waals surface area (Å²) in [4.78, 5) is 0. The molecule has 0 aliphatic heterocycles. The van der Waals surface area contributed by atoms with Gasteiger partial charge in [0, 0.05) is 13.1 Å². The highest BCUT2D eigenvalue weighted by Gasteiger charge is 2.36. The SMILES string of the molecule is CC.Ic1ccc(C2c3ccccc3C(c3ccccc3I)=C3C=CCCC32)cc1. The largest absolute Gasteiger partial charge is 0.0842 e. The lowest BCUT2D eigenvalue weighted by molar-refractivity contribution is 0.496. The van der Waals surface area contributed by atoms with Crippen molar-refractivity contribution in [3.63, 3.8) is 0 Å². The monoisotopic (exact) mass is 616 g/mol. The molecule has 2 unspecified atom stereocenters. The maximum atomic E-state index is 2.49. The summed E-state index contributed by atoms with van der Waals surface area (Å²) in [5, 5.41) is 0. The van der Waals surface area contributed by atoms with Crippen LogP contribution in [0.1, 0.15) is 54.9 Å². The lowest BCUT2D eigenvalue weighted by Gasteiger charge is -2.39. The normalized spacial score (nSPS) is 19.5. The third-order valence-electron chi connectivity index (χ3n) is 5.97. The Morgan fingerprint density at radius 3 is 2.17 bits per heavy atom. The van der Waals surface area contributed by atoms with E-state index in [4.69, 9.17) is 0 Å². The van der Waals surface area contributed by atoms with Crippen molar-refractivity contribution in [1.29, 1.82) is 0 Å². The molecule has 0 N–H and O–H groups in total. The molecule has 0 amide bonds. The maximum absolute atomic E-state index is 2.49. The fraction of sp³-hybridized carbons (Fsp3) is 0.214. The van der Waals surface area contributed by atoms with Crippen LogP contribution in [0.15, 0.2) is 90.5 Å². The lowest BCUT2D eigenvalue weighted by atomic mass is 9.65. The summed E-state index contributed by atoms with van der Waals surface area (Å²) < 4.78 is 2.62. The van der Waals surface area contributed by atoms with E-state index in [1.165, 1.54) is 47.0 Å². The van der Waals surface area contributed by atoms with Gasteiger partial charge in [-0.25, -0.2) is 0 Å². The molecule has 2 atom stereocenters. The number of benzene rings is 3.